The van der Waals surface area contributed by atoms with Crippen molar-refractivity contribution in [2.75, 3.05) is 26.0 Å². The second-order valence-corrected chi connectivity index (χ2v) is 5.60. The van der Waals surface area contributed by atoms with Gasteiger partial charge in [0, 0.05) is 25.8 Å². The van der Waals surface area contributed by atoms with Gasteiger partial charge >= 0.3 is 0 Å². The van der Waals surface area contributed by atoms with Crippen LogP contribution in [0.1, 0.15) is 16.8 Å². The smallest absolute Gasteiger partial charge is 0.248 e. The second kappa shape index (κ2) is 6.50. The third-order valence-corrected chi connectivity index (χ3v) is 3.94. The average Bonchev–Trinajstić information content (AvgIpc) is 2.34. The van der Waals surface area contributed by atoms with E-state index in [1.807, 2.05) is 0 Å². The van der Waals surface area contributed by atoms with Crippen LogP contribution in [0.2, 0.25) is 0 Å². The molecule has 8 heteroatoms. The monoisotopic (exact) mass is 287 g/mol. The van der Waals surface area contributed by atoms with E-state index in [9.17, 15) is 13.2 Å². The summed E-state index contributed by atoms with van der Waals surface area (Å²) in [7, 11) is -2.16. The van der Waals surface area contributed by atoms with Crippen LogP contribution in [0.25, 0.3) is 0 Å². The first-order valence-electron chi connectivity index (χ1n) is 5.56. The zero-order chi connectivity index (χ0) is 14.5. The lowest BCUT2D eigenvalue weighted by molar-refractivity contribution is 0.1000. The molecule has 1 rings (SSSR count). The van der Waals surface area contributed by atoms with Gasteiger partial charge in [0.2, 0.25) is 15.9 Å². The number of nitrogens with one attached hydrogen (secondary N) is 1. The number of carbonyl (C=O) groups is 1. The van der Waals surface area contributed by atoms with Gasteiger partial charge in [0.15, 0.2) is 0 Å². The summed E-state index contributed by atoms with van der Waals surface area (Å²) in [5, 5.41) is 0. The second-order valence-electron chi connectivity index (χ2n) is 3.86. The Morgan fingerprint density at radius 3 is 2.63 bits per heavy atom. The van der Waals surface area contributed by atoms with E-state index in [-0.39, 0.29) is 22.7 Å². The van der Waals surface area contributed by atoms with Crippen molar-refractivity contribution in [2.24, 2.45) is 5.73 Å². The summed E-state index contributed by atoms with van der Waals surface area (Å²) in [6.07, 6.45) is 0.551. The van der Waals surface area contributed by atoms with E-state index in [1.165, 1.54) is 25.3 Å². The quantitative estimate of drug-likeness (QED) is 0.468. The van der Waals surface area contributed by atoms with Crippen molar-refractivity contribution in [3.05, 3.63) is 23.8 Å². The third kappa shape index (κ3) is 4.19. The molecule has 1 aromatic rings. The van der Waals surface area contributed by atoms with Crippen LogP contribution in [0.3, 0.4) is 0 Å². The molecule has 0 radical (unpaired) electrons. The van der Waals surface area contributed by atoms with Crippen molar-refractivity contribution in [1.82, 2.24) is 4.72 Å². The van der Waals surface area contributed by atoms with Crippen molar-refractivity contribution in [3.8, 4) is 0 Å². The van der Waals surface area contributed by atoms with Crippen molar-refractivity contribution < 1.29 is 17.9 Å². The maximum atomic E-state index is 11.9. The Morgan fingerprint density at radius 1 is 1.42 bits per heavy atom. The van der Waals surface area contributed by atoms with E-state index in [4.69, 9.17) is 16.2 Å². The van der Waals surface area contributed by atoms with Crippen LogP contribution in [-0.4, -0.2) is 34.6 Å². The number of ether oxygens (including phenoxy) is 1. The Labute approximate surface area is 112 Å². The lowest BCUT2D eigenvalue weighted by atomic mass is 10.2. The summed E-state index contributed by atoms with van der Waals surface area (Å²) in [5.41, 5.74) is 10.9. The molecule has 0 aliphatic rings. The first-order valence-corrected chi connectivity index (χ1v) is 7.04. The summed E-state index contributed by atoms with van der Waals surface area (Å²) in [4.78, 5) is 10.9. The Kier molecular flexibility index (Phi) is 5.28. The molecule has 1 amide bonds. The van der Waals surface area contributed by atoms with Gasteiger partial charge in [0.25, 0.3) is 0 Å². The Hall–Kier alpha value is -1.64. The van der Waals surface area contributed by atoms with Gasteiger partial charge in [0.1, 0.15) is 4.90 Å². The SMILES string of the molecule is COCCCNS(=O)(=O)c1ccc(C(N)=O)cc1N. The molecule has 0 aliphatic heterocycles. The van der Waals surface area contributed by atoms with Gasteiger partial charge in [-0.3, -0.25) is 4.79 Å². The largest absolute Gasteiger partial charge is 0.398 e. The lowest BCUT2D eigenvalue weighted by Gasteiger charge is -2.09. The summed E-state index contributed by atoms with van der Waals surface area (Å²) < 4.78 is 31.1. The van der Waals surface area contributed by atoms with Crippen molar-refractivity contribution >= 4 is 21.6 Å². The number of sulfonamides is 1. The zero-order valence-electron chi connectivity index (χ0n) is 10.5. The maximum absolute atomic E-state index is 11.9. The number of primary amides is 1. The average molecular weight is 287 g/mol. The summed E-state index contributed by atoms with van der Waals surface area (Å²) in [6, 6.07) is 3.82. The molecule has 0 unspecified atom stereocenters. The predicted molar refractivity (Wildman–Crippen MR) is 71.1 cm³/mol. The molecule has 19 heavy (non-hydrogen) atoms. The predicted octanol–water partition coefficient (Wildman–Crippen LogP) is -0.317. The highest BCUT2D eigenvalue weighted by Gasteiger charge is 2.17. The van der Waals surface area contributed by atoms with Crippen LogP contribution in [0.4, 0.5) is 5.69 Å². The number of carbonyl (C=O) groups excluding carboxylic acids is 1. The van der Waals surface area contributed by atoms with Gasteiger partial charge in [-0.2, -0.15) is 0 Å². The number of methoxy groups -OCH3 is 1. The van der Waals surface area contributed by atoms with Gasteiger partial charge < -0.3 is 16.2 Å². The number of anilines is 1. The number of rotatable bonds is 7. The fourth-order valence-corrected chi connectivity index (χ4v) is 2.63. The third-order valence-electron chi connectivity index (χ3n) is 2.40. The number of nitrogens with two attached hydrogens (primary N) is 2. The van der Waals surface area contributed by atoms with Crippen molar-refractivity contribution in [2.45, 2.75) is 11.3 Å². The van der Waals surface area contributed by atoms with Crippen molar-refractivity contribution in [1.29, 1.82) is 0 Å². The number of benzene rings is 1. The van der Waals surface area contributed by atoms with Gasteiger partial charge in [-0.1, -0.05) is 0 Å². The molecular weight excluding hydrogens is 270 g/mol. The van der Waals surface area contributed by atoms with Gasteiger partial charge in [-0.15, -0.1) is 0 Å². The molecule has 106 valence electrons. The fourth-order valence-electron chi connectivity index (χ4n) is 1.45. The topological polar surface area (TPSA) is 125 Å². The van der Waals surface area contributed by atoms with E-state index in [0.717, 1.165) is 0 Å². The van der Waals surface area contributed by atoms with E-state index >= 15 is 0 Å². The first kappa shape index (κ1) is 15.4. The van der Waals surface area contributed by atoms with Crippen LogP contribution in [0.15, 0.2) is 23.1 Å². The fraction of sp³-hybridized carbons (Fsp3) is 0.364. The Bertz CT molecular complexity index is 557. The van der Waals surface area contributed by atoms with Crippen LogP contribution in [0, 0.1) is 0 Å². The molecule has 0 saturated heterocycles. The van der Waals surface area contributed by atoms with Crippen molar-refractivity contribution in [3.63, 3.8) is 0 Å². The molecular formula is C11H17N3O4S. The number of hydrogen-bond donors (Lipinski definition) is 3. The highest BCUT2D eigenvalue weighted by atomic mass is 32.2. The minimum Gasteiger partial charge on any atom is -0.398 e. The van der Waals surface area contributed by atoms with Crippen LogP contribution in [-0.2, 0) is 14.8 Å². The minimum atomic E-state index is -3.70. The molecule has 5 N–H and O–H groups in total. The molecule has 1 aromatic carbocycles. The van der Waals surface area contributed by atoms with E-state index in [0.29, 0.717) is 13.0 Å². The number of nitrogen functional groups attached to an aromatic ring is 1. The molecule has 0 aliphatic carbocycles. The van der Waals surface area contributed by atoms with E-state index in [2.05, 4.69) is 4.72 Å². The maximum Gasteiger partial charge on any atom is 0.248 e. The van der Waals surface area contributed by atoms with Gasteiger partial charge in [-0.05, 0) is 24.6 Å². The van der Waals surface area contributed by atoms with E-state index < -0.39 is 15.9 Å². The van der Waals surface area contributed by atoms with E-state index in [1.54, 1.807) is 0 Å². The molecule has 0 bridgehead atoms. The standard InChI is InChI=1S/C11H17N3O4S/c1-18-6-2-5-14-19(16,17)10-4-3-8(11(13)15)7-9(10)12/h3-4,7,14H,2,5-6,12H2,1H3,(H2,13,15). The Balaban J connectivity index is 2.87. The van der Waals surface area contributed by atoms with Crippen LogP contribution < -0.4 is 16.2 Å². The molecule has 0 atom stereocenters. The molecule has 7 nitrogen and oxygen atoms in total. The van der Waals surface area contributed by atoms with Crippen LogP contribution >= 0.6 is 0 Å². The number of amides is 1. The Morgan fingerprint density at radius 2 is 2.11 bits per heavy atom. The normalized spacial score (nSPS) is 11.4. The zero-order valence-corrected chi connectivity index (χ0v) is 11.4. The summed E-state index contributed by atoms with van der Waals surface area (Å²) in [6.45, 7) is 0.700. The lowest BCUT2D eigenvalue weighted by Crippen LogP contribution is -2.26. The van der Waals surface area contributed by atoms with Crippen LogP contribution in [0.5, 0.6) is 0 Å². The molecule has 0 fully saturated rings. The molecule has 0 spiro atoms. The van der Waals surface area contributed by atoms with Gasteiger partial charge in [-0.25, -0.2) is 13.1 Å². The highest BCUT2D eigenvalue weighted by Crippen LogP contribution is 2.19. The van der Waals surface area contributed by atoms with Gasteiger partial charge in [0.05, 0.1) is 5.69 Å². The highest BCUT2D eigenvalue weighted by molar-refractivity contribution is 7.89. The molecule has 0 heterocycles. The number of hydrogen-bond acceptors (Lipinski definition) is 5. The molecule has 0 saturated carbocycles. The molecule has 0 aromatic heterocycles. The first-order chi connectivity index (χ1) is 8.88. The summed E-state index contributed by atoms with van der Waals surface area (Å²) >= 11 is 0. The minimum absolute atomic E-state index is 0.0180. The summed E-state index contributed by atoms with van der Waals surface area (Å²) in [5.74, 6) is -0.663.